The third kappa shape index (κ3) is 2.77. The van der Waals surface area contributed by atoms with Gasteiger partial charge in [0.25, 0.3) is 0 Å². The zero-order valence-electron chi connectivity index (χ0n) is 13.7. The molecule has 0 aliphatic rings. The Morgan fingerprint density at radius 3 is 2.39 bits per heavy atom. The molecule has 0 radical (unpaired) electrons. The van der Waals surface area contributed by atoms with Crippen molar-refractivity contribution < 1.29 is 0 Å². The van der Waals surface area contributed by atoms with Crippen LogP contribution in [-0.4, -0.2) is 24.1 Å². The number of rotatable bonds is 3. The van der Waals surface area contributed by atoms with Gasteiger partial charge in [-0.05, 0) is 23.4 Å². The summed E-state index contributed by atoms with van der Waals surface area (Å²) in [6.07, 6.45) is 2.39. The fourth-order valence-electron chi connectivity index (χ4n) is 3.11. The van der Waals surface area contributed by atoms with E-state index in [2.05, 4.69) is 66.2 Å². The second-order valence-electron chi connectivity index (χ2n) is 5.96. The fourth-order valence-corrected chi connectivity index (χ4v) is 3.11. The predicted octanol–water partition coefficient (Wildman–Crippen LogP) is 2.76. The first-order valence-corrected chi connectivity index (χ1v) is 7.52. The molecule has 0 saturated carbocycles. The Balaban J connectivity index is 2.17. The Morgan fingerprint density at radius 1 is 1.04 bits per heavy atom. The van der Waals surface area contributed by atoms with E-state index < -0.39 is 0 Å². The quantitative estimate of drug-likeness (QED) is 0.777. The number of nitrogens with two attached hydrogens (primary N) is 2. The maximum atomic E-state index is 5.99. The number of anilines is 3. The van der Waals surface area contributed by atoms with E-state index in [4.69, 9.17) is 11.5 Å². The van der Waals surface area contributed by atoms with E-state index in [1.807, 2.05) is 0 Å². The summed E-state index contributed by atoms with van der Waals surface area (Å²) in [7, 11) is 4.14. The van der Waals surface area contributed by atoms with Crippen LogP contribution >= 0.6 is 0 Å². The summed E-state index contributed by atoms with van der Waals surface area (Å²) in [6.45, 7) is 2.13. The second kappa shape index (κ2) is 5.76. The normalized spacial score (nSPS) is 10.9. The largest absolute Gasteiger partial charge is 0.383 e. The number of benzene rings is 2. The summed E-state index contributed by atoms with van der Waals surface area (Å²) < 4.78 is 0. The van der Waals surface area contributed by atoms with Gasteiger partial charge < -0.3 is 16.4 Å². The minimum Gasteiger partial charge on any atom is -0.383 e. The third-order valence-corrected chi connectivity index (χ3v) is 4.04. The molecule has 0 spiro atoms. The van der Waals surface area contributed by atoms with Gasteiger partial charge >= 0.3 is 0 Å². The molecule has 2 aromatic carbocycles. The van der Waals surface area contributed by atoms with Gasteiger partial charge in [0.05, 0.1) is 0 Å². The highest BCUT2D eigenvalue weighted by Crippen LogP contribution is 2.33. The molecule has 3 aromatic rings. The van der Waals surface area contributed by atoms with E-state index in [9.17, 15) is 0 Å². The van der Waals surface area contributed by atoms with Gasteiger partial charge in [0, 0.05) is 43.4 Å². The van der Waals surface area contributed by atoms with Gasteiger partial charge in [-0.2, -0.15) is 4.98 Å². The molecule has 0 fully saturated rings. The number of aromatic nitrogens is 2. The van der Waals surface area contributed by atoms with Gasteiger partial charge in [-0.15, -0.1) is 0 Å². The number of fused-ring (bicyclic) bond motifs is 1. The maximum absolute atomic E-state index is 5.99. The molecule has 4 N–H and O–H groups in total. The Morgan fingerprint density at radius 2 is 1.74 bits per heavy atom. The van der Waals surface area contributed by atoms with Crippen molar-refractivity contribution in [2.75, 3.05) is 30.5 Å². The van der Waals surface area contributed by atoms with Crippen molar-refractivity contribution in [3.8, 4) is 0 Å². The number of nitrogens with zero attached hydrogens (tertiary/aromatic N) is 3. The Bertz CT molecular complexity index is 871. The lowest BCUT2D eigenvalue weighted by molar-refractivity contribution is 1.09. The van der Waals surface area contributed by atoms with Crippen molar-refractivity contribution in [3.05, 3.63) is 53.2 Å². The number of hydrogen-bond donors (Lipinski definition) is 2. The summed E-state index contributed by atoms with van der Waals surface area (Å²) in [5, 5.41) is 2.46. The monoisotopic (exact) mass is 307 g/mol. The average Bonchev–Trinajstić information content (AvgIpc) is 2.49. The van der Waals surface area contributed by atoms with Crippen LogP contribution in [0.5, 0.6) is 0 Å². The van der Waals surface area contributed by atoms with Crippen LogP contribution in [0.4, 0.5) is 17.5 Å². The Kier molecular flexibility index (Phi) is 3.78. The number of nitrogen functional groups attached to an aromatic ring is 2. The van der Waals surface area contributed by atoms with Crippen LogP contribution in [0.25, 0.3) is 10.8 Å². The smallest absolute Gasteiger partial charge is 0.221 e. The van der Waals surface area contributed by atoms with Crippen molar-refractivity contribution in [2.45, 2.75) is 13.3 Å². The molecule has 1 heterocycles. The molecular weight excluding hydrogens is 286 g/mol. The molecule has 0 saturated heterocycles. The Hall–Kier alpha value is -2.82. The summed E-state index contributed by atoms with van der Waals surface area (Å²) >= 11 is 0. The molecule has 118 valence electrons. The Labute approximate surface area is 136 Å². The molecule has 0 bridgehead atoms. The summed E-state index contributed by atoms with van der Waals surface area (Å²) in [5.41, 5.74) is 16.1. The van der Waals surface area contributed by atoms with Crippen molar-refractivity contribution in [2.24, 2.45) is 0 Å². The third-order valence-electron chi connectivity index (χ3n) is 4.04. The topological polar surface area (TPSA) is 81.1 Å². The molecular formula is C18H21N5. The minimum atomic E-state index is 0.204. The van der Waals surface area contributed by atoms with Crippen molar-refractivity contribution >= 4 is 28.2 Å². The number of hydrogen-bond acceptors (Lipinski definition) is 5. The molecule has 0 aliphatic heterocycles. The molecule has 5 heteroatoms. The molecule has 3 rings (SSSR count). The SMILES string of the molecule is Cc1cc(Cc2cnc(N)nc2N)c2ccccc2c1N(C)C. The van der Waals surface area contributed by atoms with Crippen LogP contribution in [0.15, 0.2) is 36.5 Å². The molecule has 0 unspecified atom stereocenters. The minimum absolute atomic E-state index is 0.204. The van der Waals surface area contributed by atoms with E-state index in [1.54, 1.807) is 6.20 Å². The van der Waals surface area contributed by atoms with E-state index in [0.717, 1.165) is 5.56 Å². The van der Waals surface area contributed by atoms with E-state index in [-0.39, 0.29) is 5.95 Å². The zero-order chi connectivity index (χ0) is 16.6. The van der Waals surface area contributed by atoms with Crippen LogP contribution in [0.3, 0.4) is 0 Å². The van der Waals surface area contributed by atoms with Gasteiger partial charge in [-0.3, -0.25) is 0 Å². The van der Waals surface area contributed by atoms with E-state index in [0.29, 0.717) is 12.2 Å². The zero-order valence-corrected chi connectivity index (χ0v) is 13.7. The number of aryl methyl sites for hydroxylation is 1. The van der Waals surface area contributed by atoms with Crippen LogP contribution in [0.1, 0.15) is 16.7 Å². The second-order valence-corrected chi connectivity index (χ2v) is 5.96. The predicted molar refractivity (Wildman–Crippen MR) is 96.7 cm³/mol. The fraction of sp³-hybridized carbons (Fsp3) is 0.222. The molecule has 0 aliphatic carbocycles. The first-order valence-electron chi connectivity index (χ1n) is 7.52. The van der Waals surface area contributed by atoms with Crippen molar-refractivity contribution in [1.29, 1.82) is 0 Å². The highest BCUT2D eigenvalue weighted by atomic mass is 15.1. The van der Waals surface area contributed by atoms with Crippen molar-refractivity contribution in [1.82, 2.24) is 9.97 Å². The van der Waals surface area contributed by atoms with E-state index >= 15 is 0 Å². The molecule has 0 amide bonds. The van der Waals surface area contributed by atoms with Crippen LogP contribution in [-0.2, 0) is 6.42 Å². The maximum Gasteiger partial charge on any atom is 0.221 e. The van der Waals surface area contributed by atoms with Gasteiger partial charge in [-0.1, -0.05) is 30.3 Å². The van der Waals surface area contributed by atoms with Crippen LogP contribution < -0.4 is 16.4 Å². The highest BCUT2D eigenvalue weighted by molar-refractivity contribution is 5.98. The standard InChI is InChI=1S/C18H21N5/c1-11-8-12(9-13-10-21-18(20)22-17(13)19)14-6-4-5-7-15(14)16(11)23(2)3/h4-8,10H,9H2,1-3H3,(H4,19,20,21,22). The van der Waals surface area contributed by atoms with E-state index in [1.165, 1.54) is 27.6 Å². The first kappa shape index (κ1) is 15.1. The first-order chi connectivity index (χ1) is 11.0. The van der Waals surface area contributed by atoms with Gasteiger partial charge in [0.15, 0.2) is 0 Å². The lowest BCUT2D eigenvalue weighted by atomic mass is 9.95. The van der Waals surface area contributed by atoms with Crippen molar-refractivity contribution in [3.63, 3.8) is 0 Å². The molecule has 1 aromatic heterocycles. The molecule has 0 atom stereocenters. The molecule has 23 heavy (non-hydrogen) atoms. The van der Waals surface area contributed by atoms with Crippen LogP contribution in [0.2, 0.25) is 0 Å². The summed E-state index contributed by atoms with van der Waals surface area (Å²) in [6, 6.07) is 10.6. The summed E-state index contributed by atoms with van der Waals surface area (Å²) in [5.74, 6) is 0.645. The van der Waals surface area contributed by atoms with Gasteiger partial charge in [0.2, 0.25) is 5.95 Å². The average molecular weight is 307 g/mol. The summed E-state index contributed by atoms with van der Waals surface area (Å²) in [4.78, 5) is 10.3. The van der Waals surface area contributed by atoms with Gasteiger partial charge in [0.1, 0.15) is 5.82 Å². The van der Waals surface area contributed by atoms with Gasteiger partial charge in [-0.25, -0.2) is 4.98 Å². The lowest BCUT2D eigenvalue weighted by Crippen LogP contribution is -2.11. The lowest BCUT2D eigenvalue weighted by Gasteiger charge is -2.21. The molecule has 5 nitrogen and oxygen atoms in total. The highest BCUT2D eigenvalue weighted by Gasteiger charge is 2.13. The van der Waals surface area contributed by atoms with Crippen LogP contribution in [0, 0.1) is 6.92 Å².